The lowest BCUT2D eigenvalue weighted by molar-refractivity contribution is -0.145. The summed E-state index contributed by atoms with van der Waals surface area (Å²) >= 11 is 1.04. The summed E-state index contributed by atoms with van der Waals surface area (Å²) in [5.41, 5.74) is -0.477. The first-order chi connectivity index (χ1) is 10.1. The maximum Gasteiger partial charge on any atom is 0.329 e. The van der Waals surface area contributed by atoms with Crippen LogP contribution in [0.5, 0.6) is 0 Å². The summed E-state index contributed by atoms with van der Waals surface area (Å²) in [6, 6.07) is 0. The van der Waals surface area contributed by atoms with E-state index in [1.807, 2.05) is 6.92 Å². The van der Waals surface area contributed by atoms with Gasteiger partial charge in [-0.1, -0.05) is 43.5 Å². The summed E-state index contributed by atoms with van der Waals surface area (Å²) in [5, 5.41) is 16.3. The van der Waals surface area contributed by atoms with E-state index < -0.39 is 11.5 Å². The predicted molar refractivity (Wildman–Crippen MR) is 79.4 cm³/mol. The largest absolute Gasteiger partial charge is 0.480 e. The van der Waals surface area contributed by atoms with Crippen molar-refractivity contribution in [3.05, 3.63) is 10.6 Å². The minimum atomic E-state index is -1.14. The van der Waals surface area contributed by atoms with Crippen LogP contribution in [-0.2, 0) is 11.2 Å². The number of nitrogens with one attached hydrogen (secondary N) is 1. The van der Waals surface area contributed by atoms with E-state index in [0.717, 1.165) is 43.6 Å². The molecule has 1 amide bonds. The van der Waals surface area contributed by atoms with Crippen molar-refractivity contribution in [1.82, 2.24) is 14.9 Å². The molecular weight excluding hydrogens is 290 g/mol. The van der Waals surface area contributed by atoms with E-state index in [2.05, 4.69) is 14.9 Å². The molecule has 0 atom stereocenters. The highest BCUT2D eigenvalue weighted by Crippen LogP contribution is 2.28. The molecule has 1 aliphatic rings. The average molecular weight is 311 g/mol. The van der Waals surface area contributed by atoms with E-state index in [1.165, 1.54) is 0 Å². The molecule has 1 saturated carbocycles. The standard InChI is InChI=1S/C14H21N3O3S/c1-2-7-10-11(21-17-16-10)12(18)15-14(13(19)20)8-5-3-4-6-9-14/h2-9H2,1H3,(H,15,18)(H,19,20). The fraction of sp³-hybridized carbons (Fsp3) is 0.714. The smallest absolute Gasteiger partial charge is 0.329 e. The van der Waals surface area contributed by atoms with Crippen LogP contribution in [0.3, 0.4) is 0 Å². The van der Waals surface area contributed by atoms with Crippen molar-refractivity contribution < 1.29 is 14.7 Å². The number of hydrogen-bond acceptors (Lipinski definition) is 5. The molecule has 0 unspecified atom stereocenters. The minimum Gasteiger partial charge on any atom is -0.480 e. The number of carbonyl (C=O) groups is 2. The van der Waals surface area contributed by atoms with Gasteiger partial charge in [-0.25, -0.2) is 4.79 Å². The molecule has 0 aliphatic heterocycles. The van der Waals surface area contributed by atoms with Gasteiger partial charge in [-0.15, -0.1) is 5.10 Å². The number of rotatable bonds is 5. The Balaban J connectivity index is 2.18. The van der Waals surface area contributed by atoms with Gasteiger partial charge in [0.1, 0.15) is 10.4 Å². The van der Waals surface area contributed by atoms with E-state index in [0.29, 0.717) is 29.8 Å². The lowest BCUT2D eigenvalue weighted by atomic mass is 9.90. The molecule has 0 saturated heterocycles. The fourth-order valence-corrected chi connectivity index (χ4v) is 3.38. The van der Waals surface area contributed by atoms with Crippen molar-refractivity contribution in [2.75, 3.05) is 0 Å². The fourth-order valence-electron chi connectivity index (χ4n) is 2.78. The van der Waals surface area contributed by atoms with Crippen LogP contribution in [0.2, 0.25) is 0 Å². The number of aryl methyl sites for hydroxylation is 1. The highest BCUT2D eigenvalue weighted by molar-refractivity contribution is 7.08. The second-order valence-corrected chi connectivity index (χ2v) is 6.31. The number of hydrogen-bond donors (Lipinski definition) is 2. The van der Waals surface area contributed by atoms with E-state index in [4.69, 9.17) is 0 Å². The van der Waals surface area contributed by atoms with Crippen molar-refractivity contribution in [2.45, 2.75) is 63.8 Å². The second kappa shape index (κ2) is 6.98. The molecule has 2 rings (SSSR count). The molecule has 0 radical (unpaired) electrons. The number of carboxylic acid groups (broad SMARTS) is 1. The maximum atomic E-state index is 12.4. The summed E-state index contributed by atoms with van der Waals surface area (Å²) < 4.78 is 3.82. The van der Waals surface area contributed by atoms with Crippen LogP contribution in [0.15, 0.2) is 0 Å². The van der Waals surface area contributed by atoms with Gasteiger partial charge in [-0.05, 0) is 30.8 Å². The van der Waals surface area contributed by atoms with Crippen LogP contribution in [0.25, 0.3) is 0 Å². The SMILES string of the molecule is CCCc1nnsc1C(=O)NC1(C(=O)O)CCCCCC1. The Morgan fingerprint density at radius 1 is 1.29 bits per heavy atom. The van der Waals surface area contributed by atoms with Gasteiger partial charge < -0.3 is 10.4 Å². The van der Waals surface area contributed by atoms with Gasteiger partial charge in [0.15, 0.2) is 0 Å². The van der Waals surface area contributed by atoms with E-state index in [9.17, 15) is 14.7 Å². The molecule has 7 heteroatoms. The molecule has 1 heterocycles. The molecule has 1 aromatic heterocycles. The molecule has 0 bridgehead atoms. The number of amides is 1. The quantitative estimate of drug-likeness (QED) is 0.815. The third-order valence-corrected chi connectivity index (χ3v) is 4.73. The molecule has 116 valence electrons. The topological polar surface area (TPSA) is 92.2 Å². The molecule has 2 N–H and O–H groups in total. The molecule has 1 aliphatic carbocycles. The van der Waals surface area contributed by atoms with E-state index in [-0.39, 0.29) is 5.91 Å². The van der Waals surface area contributed by atoms with Crippen LogP contribution >= 0.6 is 11.5 Å². The van der Waals surface area contributed by atoms with Gasteiger partial charge in [-0.2, -0.15) is 0 Å². The highest BCUT2D eigenvalue weighted by atomic mass is 32.1. The second-order valence-electron chi connectivity index (χ2n) is 5.55. The van der Waals surface area contributed by atoms with Crippen molar-refractivity contribution in [3.8, 4) is 0 Å². The first kappa shape index (κ1) is 15.9. The lowest BCUT2D eigenvalue weighted by Gasteiger charge is -2.29. The average Bonchev–Trinajstić information content (AvgIpc) is 2.77. The van der Waals surface area contributed by atoms with Crippen molar-refractivity contribution in [2.24, 2.45) is 0 Å². The van der Waals surface area contributed by atoms with Crippen LogP contribution in [0.4, 0.5) is 0 Å². The minimum absolute atomic E-state index is 0.349. The van der Waals surface area contributed by atoms with Gasteiger partial charge in [-0.3, -0.25) is 4.79 Å². The Morgan fingerprint density at radius 3 is 2.52 bits per heavy atom. The summed E-state index contributed by atoms with van der Waals surface area (Å²) in [4.78, 5) is 24.6. The third kappa shape index (κ3) is 3.58. The summed E-state index contributed by atoms with van der Waals surface area (Å²) in [6.07, 6.45) is 6.23. The zero-order valence-corrected chi connectivity index (χ0v) is 13.0. The summed E-state index contributed by atoms with van der Waals surface area (Å²) in [6.45, 7) is 2.01. The van der Waals surface area contributed by atoms with Crippen molar-refractivity contribution >= 4 is 23.4 Å². The third-order valence-electron chi connectivity index (χ3n) is 3.97. The Bertz CT molecular complexity index is 507. The van der Waals surface area contributed by atoms with Crippen LogP contribution in [0.1, 0.15) is 67.2 Å². The Morgan fingerprint density at radius 2 is 1.95 bits per heavy atom. The molecular formula is C14H21N3O3S. The van der Waals surface area contributed by atoms with Gasteiger partial charge in [0.2, 0.25) is 0 Å². The number of nitrogens with zero attached hydrogens (tertiary/aromatic N) is 2. The number of aliphatic carboxylic acids is 1. The van der Waals surface area contributed by atoms with E-state index in [1.54, 1.807) is 0 Å². The molecule has 6 nitrogen and oxygen atoms in total. The van der Waals surface area contributed by atoms with Gasteiger partial charge in [0.05, 0.1) is 5.69 Å². The highest BCUT2D eigenvalue weighted by Gasteiger charge is 2.40. The molecule has 1 fully saturated rings. The zero-order chi connectivity index (χ0) is 15.3. The summed E-state index contributed by atoms with van der Waals surface area (Å²) in [7, 11) is 0. The number of carbonyl (C=O) groups excluding carboxylic acids is 1. The molecule has 0 spiro atoms. The van der Waals surface area contributed by atoms with Crippen LogP contribution in [0, 0.1) is 0 Å². The zero-order valence-electron chi connectivity index (χ0n) is 12.2. The first-order valence-electron chi connectivity index (χ1n) is 7.46. The monoisotopic (exact) mass is 311 g/mol. The Kier molecular flexibility index (Phi) is 5.27. The molecule has 1 aromatic rings. The Labute approximate surface area is 128 Å². The van der Waals surface area contributed by atoms with Gasteiger partial charge in [0, 0.05) is 0 Å². The molecule has 0 aromatic carbocycles. The Hall–Kier alpha value is -1.50. The lowest BCUT2D eigenvalue weighted by Crippen LogP contribution is -2.54. The first-order valence-corrected chi connectivity index (χ1v) is 8.23. The maximum absolute atomic E-state index is 12.4. The number of aromatic nitrogens is 2. The van der Waals surface area contributed by atoms with E-state index >= 15 is 0 Å². The molecule has 21 heavy (non-hydrogen) atoms. The predicted octanol–water partition coefficient (Wildman–Crippen LogP) is 2.40. The van der Waals surface area contributed by atoms with Gasteiger partial charge >= 0.3 is 5.97 Å². The normalized spacial score (nSPS) is 18.0. The van der Waals surface area contributed by atoms with Crippen molar-refractivity contribution in [3.63, 3.8) is 0 Å². The number of carboxylic acids is 1. The van der Waals surface area contributed by atoms with Gasteiger partial charge in [0.25, 0.3) is 5.91 Å². The van der Waals surface area contributed by atoms with Crippen LogP contribution < -0.4 is 5.32 Å². The summed E-state index contributed by atoms with van der Waals surface area (Å²) in [5.74, 6) is -1.29. The van der Waals surface area contributed by atoms with Crippen LogP contribution in [-0.4, -0.2) is 32.1 Å². The van der Waals surface area contributed by atoms with Crippen molar-refractivity contribution in [1.29, 1.82) is 0 Å².